The van der Waals surface area contributed by atoms with Gasteiger partial charge in [-0.05, 0) is 25.5 Å². The molecule has 1 amide bonds. The van der Waals surface area contributed by atoms with E-state index in [0.29, 0.717) is 12.1 Å². The zero-order valence-electron chi connectivity index (χ0n) is 9.86. The summed E-state index contributed by atoms with van der Waals surface area (Å²) in [5.74, 6) is -1.43. The van der Waals surface area contributed by atoms with Crippen LogP contribution in [0, 0.1) is 0 Å². The van der Waals surface area contributed by atoms with E-state index in [4.69, 9.17) is 5.11 Å². The Balaban J connectivity index is 2.87. The Morgan fingerprint density at radius 2 is 1.82 bits per heavy atom. The highest BCUT2D eigenvalue weighted by molar-refractivity contribution is 6.08. The van der Waals surface area contributed by atoms with Crippen molar-refractivity contribution in [3.63, 3.8) is 0 Å². The molecule has 0 bridgehead atoms. The molecule has 0 aliphatic heterocycles. The van der Waals surface area contributed by atoms with Crippen LogP contribution in [0.2, 0.25) is 0 Å². The number of carboxylic acid groups (broad SMARTS) is 1. The van der Waals surface area contributed by atoms with Crippen LogP contribution >= 0.6 is 0 Å². The molecule has 4 heteroatoms. The van der Waals surface area contributed by atoms with Crippen LogP contribution < -0.4 is 5.32 Å². The van der Waals surface area contributed by atoms with Crippen molar-refractivity contribution in [2.45, 2.75) is 20.3 Å². The highest BCUT2D eigenvalue weighted by atomic mass is 16.4. The lowest BCUT2D eigenvalue weighted by Crippen LogP contribution is -2.16. The number of nitrogens with one attached hydrogen (secondary N) is 1. The first-order valence-corrected chi connectivity index (χ1v) is 5.35. The van der Waals surface area contributed by atoms with Crippen molar-refractivity contribution in [1.29, 1.82) is 0 Å². The molecule has 2 N–H and O–H groups in total. The molecule has 4 nitrogen and oxygen atoms in total. The first-order chi connectivity index (χ1) is 8.06. The molecule has 0 heterocycles. The number of carboxylic acids is 1. The molecule has 0 aromatic heterocycles. The fraction of sp³-hybridized carbons (Fsp3) is 0.231. The molecule has 0 spiro atoms. The molecule has 0 aliphatic carbocycles. The second-order valence-electron chi connectivity index (χ2n) is 3.58. The van der Waals surface area contributed by atoms with Gasteiger partial charge in [0.25, 0.3) is 5.91 Å². The second kappa shape index (κ2) is 5.84. The van der Waals surface area contributed by atoms with Crippen LogP contribution in [-0.4, -0.2) is 17.0 Å². The van der Waals surface area contributed by atoms with Crippen molar-refractivity contribution in [1.82, 2.24) is 0 Å². The minimum atomic E-state index is -1.05. The van der Waals surface area contributed by atoms with Gasteiger partial charge in [-0.15, -0.1) is 0 Å². The summed E-state index contributed by atoms with van der Waals surface area (Å²) in [7, 11) is 0. The minimum absolute atomic E-state index is 0.137. The number of amides is 1. The Hall–Kier alpha value is -2.10. The zero-order valence-corrected chi connectivity index (χ0v) is 9.86. The van der Waals surface area contributed by atoms with Gasteiger partial charge in [-0.1, -0.05) is 25.1 Å². The maximum absolute atomic E-state index is 11.8. The maximum atomic E-state index is 11.8. The van der Waals surface area contributed by atoms with E-state index in [0.717, 1.165) is 0 Å². The zero-order chi connectivity index (χ0) is 12.8. The average Bonchev–Trinajstić information content (AvgIpc) is 2.30. The summed E-state index contributed by atoms with van der Waals surface area (Å²) in [4.78, 5) is 22.7. The van der Waals surface area contributed by atoms with Crippen molar-refractivity contribution in [2.24, 2.45) is 0 Å². The summed E-state index contributed by atoms with van der Waals surface area (Å²) >= 11 is 0. The number of benzene rings is 1. The largest absolute Gasteiger partial charge is 0.478 e. The van der Waals surface area contributed by atoms with Gasteiger partial charge in [-0.3, -0.25) is 4.79 Å². The van der Waals surface area contributed by atoms with E-state index in [9.17, 15) is 9.59 Å². The standard InChI is InChI=1S/C13H15NO3/c1-3-11(13(16)17)9(2)12(15)14-10-7-5-4-6-8-10/h4-8H,3H2,1-2H3,(H,14,15)(H,16,17)/b11-9-. The predicted molar refractivity (Wildman–Crippen MR) is 65.7 cm³/mol. The number of carbonyl (C=O) groups is 2. The van der Waals surface area contributed by atoms with E-state index in [2.05, 4.69) is 5.32 Å². The van der Waals surface area contributed by atoms with E-state index >= 15 is 0 Å². The van der Waals surface area contributed by atoms with Crippen LogP contribution in [0.1, 0.15) is 20.3 Å². The summed E-state index contributed by atoms with van der Waals surface area (Å²) in [5, 5.41) is 11.6. The molecule has 0 aliphatic rings. The van der Waals surface area contributed by atoms with Crippen LogP contribution in [0.3, 0.4) is 0 Å². The molecule has 0 saturated heterocycles. The summed E-state index contributed by atoms with van der Waals surface area (Å²) in [6.07, 6.45) is 0.323. The van der Waals surface area contributed by atoms with Crippen LogP contribution in [0.5, 0.6) is 0 Å². The number of hydrogen-bond donors (Lipinski definition) is 2. The van der Waals surface area contributed by atoms with Gasteiger partial charge in [0.05, 0.1) is 0 Å². The van der Waals surface area contributed by atoms with Crippen molar-refractivity contribution in [3.05, 3.63) is 41.5 Å². The molecule has 1 aromatic rings. The normalized spacial score (nSPS) is 11.6. The van der Waals surface area contributed by atoms with Crippen molar-refractivity contribution >= 4 is 17.6 Å². The Labute approximate surface area is 100.0 Å². The van der Waals surface area contributed by atoms with Gasteiger partial charge in [0, 0.05) is 16.8 Å². The highest BCUT2D eigenvalue weighted by Crippen LogP contribution is 2.12. The average molecular weight is 233 g/mol. The van der Waals surface area contributed by atoms with Crippen LogP contribution in [0.15, 0.2) is 41.5 Å². The topological polar surface area (TPSA) is 66.4 Å². The smallest absolute Gasteiger partial charge is 0.332 e. The highest BCUT2D eigenvalue weighted by Gasteiger charge is 2.14. The summed E-state index contributed by atoms with van der Waals surface area (Å²) in [6.45, 7) is 3.23. The van der Waals surface area contributed by atoms with E-state index in [-0.39, 0.29) is 17.1 Å². The van der Waals surface area contributed by atoms with Crippen molar-refractivity contribution in [2.75, 3.05) is 5.32 Å². The number of hydrogen-bond acceptors (Lipinski definition) is 2. The van der Waals surface area contributed by atoms with Gasteiger partial charge >= 0.3 is 5.97 Å². The fourth-order valence-corrected chi connectivity index (χ4v) is 1.46. The van der Waals surface area contributed by atoms with E-state index in [1.807, 2.05) is 6.07 Å². The molecule has 90 valence electrons. The van der Waals surface area contributed by atoms with Crippen LogP contribution in [0.25, 0.3) is 0 Å². The number of rotatable bonds is 4. The van der Waals surface area contributed by atoms with E-state index in [1.54, 1.807) is 31.2 Å². The molecule has 0 fully saturated rings. The van der Waals surface area contributed by atoms with Gasteiger partial charge < -0.3 is 10.4 Å². The molecular weight excluding hydrogens is 218 g/mol. The molecule has 1 aromatic carbocycles. The van der Waals surface area contributed by atoms with Gasteiger partial charge in [0.15, 0.2) is 0 Å². The first-order valence-electron chi connectivity index (χ1n) is 5.35. The summed E-state index contributed by atoms with van der Waals surface area (Å²) in [6, 6.07) is 8.93. The van der Waals surface area contributed by atoms with Crippen LogP contribution in [-0.2, 0) is 9.59 Å². The Bertz CT molecular complexity index is 449. The molecule has 0 unspecified atom stereocenters. The summed E-state index contributed by atoms with van der Waals surface area (Å²) < 4.78 is 0. The number of carbonyl (C=O) groups excluding carboxylic acids is 1. The third kappa shape index (κ3) is 3.45. The van der Waals surface area contributed by atoms with E-state index < -0.39 is 5.97 Å². The lowest BCUT2D eigenvalue weighted by atomic mass is 10.1. The van der Waals surface area contributed by atoms with Gasteiger partial charge in [-0.25, -0.2) is 4.79 Å². The Morgan fingerprint density at radius 1 is 1.24 bits per heavy atom. The summed E-state index contributed by atoms with van der Waals surface area (Å²) in [5.41, 5.74) is 1.03. The van der Waals surface area contributed by atoms with Crippen molar-refractivity contribution in [3.8, 4) is 0 Å². The lowest BCUT2D eigenvalue weighted by Gasteiger charge is -2.07. The SMILES string of the molecule is CC/C(C(=O)O)=C(\C)C(=O)Nc1ccccc1. The Morgan fingerprint density at radius 3 is 2.29 bits per heavy atom. The quantitative estimate of drug-likeness (QED) is 0.785. The molecule has 1 rings (SSSR count). The predicted octanol–water partition coefficient (Wildman–Crippen LogP) is 2.44. The number of anilines is 1. The third-order valence-electron chi connectivity index (χ3n) is 2.44. The molecule has 0 saturated carbocycles. The molecular formula is C13H15NO3. The third-order valence-corrected chi connectivity index (χ3v) is 2.44. The molecule has 0 atom stereocenters. The lowest BCUT2D eigenvalue weighted by molar-refractivity contribution is -0.133. The number of para-hydroxylation sites is 1. The van der Waals surface area contributed by atoms with Gasteiger partial charge in [0.1, 0.15) is 0 Å². The number of aliphatic carboxylic acids is 1. The van der Waals surface area contributed by atoms with Crippen molar-refractivity contribution < 1.29 is 14.7 Å². The second-order valence-corrected chi connectivity index (χ2v) is 3.58. The first kappa shape index (κ1) is 13.0. The van der Waals surface area contributed by atoms with Gasteiger partial charge in [-0.2, -0.15) is 0 Å². The minimum Gasteiger partial charge on any atom is -0.478 e. The Kier molecular flexibility index (Phi) is 4.46. The monoisotopic (exact) mass is 233 g/mol. The fourth-order valence-electron chi connectivity index (χ4n) is 1.46. The van der Waals surface area contributed by atoms with Crippen LogP contribution in [0.4, 0.5) is 5.69 Å². The molecule has 17 heavy (non-hydrogen) atoms. The maximum Gasteiger partial charge on any atom is 0.332 e. The molecule has 0 radical (unpaired) electrons. The van der Waals surface area contributed by atoms with E-state index in [1.165, 1.54) is 6.92 Å². The van der Waals surface area contributed by atoms with Gasteiger partial charge in [0.2, 0.25) is 0 Å².